The van der Waals surface area contributed by atoms with Gasteiger partial charge in [0.05, 0.1) is 6.26 Å². The molecule has 0 bridgehead atoms. The molecule has 1 heterocycles. The molecule has 2 rings (SSSR count). The Morgan fingerprint density at radius 2 is 2.10 bits per heavy atom. The van der Waals surface area contributed by atoms with Crippen LogP contribution in [-0.4, -0.2) is 19.1 Å². The van der Waals surface area contributed by atoms with E-state index >= 15 is 0 Å². The fourth-order valence-electron chi connectivity index (χ4n) is 1.76. The minimum Gasteiger partial charge on any atom is -0.467 e. The summed E-state index contributed by atoms with van der Waals surface area (Å²) in [5.74, 6) is 1.25. The number of nitrogens with two attached hydrogens (primary N) is 1. The van der Waals surface area contributed by atoms with Crippen molar-refractivity contribution < 1.29 is 9.15 Å². The van der Waals surface area contributed by atoms with Gasteiger partial charge >= 0.3 is 0 Å². The standard InChI is InChI=1S/C16H21N3O2/c1-13-5-7-14(8-6-13)19-16(17)18-9-3-10-20-12-15-4-2-11-21-15/h2,4-8,11H,3,9-10,12H2,1H3,(H3,17,18,19). The zero-order chi connectivity index (χ0) is 14.9. The Kier molecular flexibility index (Phi) is 5.84. The Labute approximate surface area is 124 Å². The molecule has 0 aliphatic carbocycles. The summed E-state index contributed by atoms with van der Waals surface area (Å²) in [5, 5.41) is 3.05. The third-order valence-electron chi connectivity index (χ3n) is 2.88. The number of hydrogen-bond donors (Lipinski definition) is 2. The van der Waals surface area contributed by atoms with Crippen LogP contribution in [0.3, 0.4) is 0 Å². The van der Waals surface area contributed by atoms with Crippen LogP contribution in [0.25, 0.3) is 0 Å². The lowest BCUT2D eigenvalue weighted by Crippen LogP contribution is -2.22. The van der Waals surface area contributed by atoms with E-state index in [4.69, 9.17) is 14.9 Å². The molecule has 0 unspecified atom stereocenters. The van der Waals surface area contributed by atoms with Crippen molar-refractivity contribution in [1.82, 2.24) is 0 Å². The first kappa shape index (κ1) is 15.1. The van der Waals surface area contributed by atoms with Crippen molar-refractivity contribution in [3.05, 3.63) is 54.0 Å². The van der Waals surface area contributed by atoms with Crippen LogP contribution in [-0.2, 0) is 11.3 Å². The predicted molar refractivity (Wildman–Crippen MR) is 84.3 cm³/mol. The second kappa shape index (κ2) is 8.11. The van der Waals surface area contributed by atoms with Crippen LogP contribution in [0.5, 0.6) is 0 Å². The normalized spacial score (nSPS) is 11.6. The molecule has 1 aromatic carbocycles. The lowest BCUT2D eigenvalue weighted by molar-refractivity contribution is 0.105. The predicted octanol–water partition coefficient (Wildman–Crippen LogP) is 2.92. The lowest BCUT2D eigenvalue weighted by atomic mass is 10.2. The van der Waals surface area contributed by atoms with Gasteiger partial charge in [0.1, 0.15) is 12.4 Å². The van der Waals surface area contributed by atoms with Gasteiger partial charge in [0.25, 0.3) is 0 Å². The average molecular weight is 287 g/mol. The fraction of sp³-hybridized carbons (Fsp3) is 0.312. The minimum absolute atomic E-state index is 0.421. The molecule has 3 N–H and O–H groups in total. The largest absolute Gasteiger partial charge is 0.467 e. The number of aliphatic imine (C=N–C) groups is 1. The smallest absolute Gasteiger partial charge is 0.193 e. The number of hydrogen-bond acceptors (Lipinski definition) is 3. The molecule has 0 atom stereocenters. The molecule has 0 spiro atoms. The first-order valence-electron chi connectivity index (χ1n) is 6.98. The Morgan fingerprint density at radius 1 is 1.29 bits per heavy atom. The van der Waals surface area contributed by atoms with Gasteiger partial charge in [-0.15, -0.1) is 0 Å². The highest BCUT2D eigenvalue weighted by Gasteiger charge is 1.96. The van der Waals surface area contributed by atoms with Crippen LogP contribution >= 0.6 is 0 Å². The summed E-state index contributed by atoms with van der Waals surface area (Å²) in [7, 11) is 0. The first-order valence-corrected chi connectivity index (χ1v) is 6.98. The van der Waals surface area contributed by atoms with Crippen molar-refractivity contribution in [3.8, 4) is 0 Å². The molecule has 112 valence electrons. The third-order valence-corrected chi connectivity index (χ3v) is 2.88. The Balaban J connectivity index is 1.61. The van der Waals surface area contributed by atoms with Gasteiger partial charge in [-0.05, 0) is 37.6 Å². The lowest BCUT2D eigenvalue weighted by Gasteiger charge is -2.06. The van der Waals surface area contributed by atoms with Crippen molar-refractivity contribution in [2.75, 3.05) is 18.5 Å². The summed E-state index contributed by atoms with van der Waals surface area (Å²) in [4.78, 5) is 4.26. The van der Waals surface area contributed by atoms with Crippen molar-refractivity contribution in [2.24, 2.45) is 10.7 Å². The SMILES string of the molecule is Cc1ccc(NC(N)=NCCCOCc2ccco2)cc1. The Morgan fingerprint density at radius 3 is 2.81 bits per heavy atom. The quantitative estimate of drug-likeness (QED) is 0.466. The number of furan rings is 1. The second-order valence-electron chi connectivity index (χ2n) is 4.74. The van der Waals surface area contributed by atoms with Gasteiger partial charge in [0.2, 0.25) is 0 Å². The van der Waals surface area contributed by atoms with E-state index in [0.29, 0.717) is 25.7 Å². The molecule has 2 aromatic rings. The van der Waals surface area contributed by atoms with E-state index in [2.05, 4.69) is 10.3 Å². The summed E-state index contributed by atoms with van der Waals surface area (Å²) < 4.78 is 10.6. The highest BCUT2D eigenvalue weighted by molar-refractivity contribution is 5.92. The number of nitrogens with zero attached hydrogens (tertiary/aromatic N) is 1. The molecule has 1 aromatic heterocycles. The summed E-state index contributed by atoms with van der Waals surface area (Å²) in [5.41, 5.74) is 7.97. The van der Waals surface area contributed by atoms with Gasteiger partial charge in [-0.3, -0.25) is 4.99 Å². The topological polar surface area (TPSA) is 72.8 Å². The maximum atomic E-state index is 5.82. The number of aryl methyl sites for hydroxylation is 1. The molecule has 21 heavy (non-hydrogen) atoms. The number of guanidine groups is 1. The molecule has 0 amide bonds. The number of nitrogens with one attached hydrogen (secondary N) is 1. The van der Waals surface area contributed by atoms with Crippen LogP contribution in [0, 0.1) is 6.92 Å². The van der Waals surface area contributed by atoms with E-state index in [0.717, 1.165) is 17.9 Å². The van der Waals surface area contributed by atoms with Crippen LogP contribution in [0.1, 0.15) is 17.7 Å². The molecule has 0 radical (unpaired) electrons. The summed E-state index contributed by atoms with van der Waals surface area (Å²) in [6, 6.07) is 11.7. The van der Waals surface area contributed by atoms with Gasteiger partial charge in [0, 0.05) is 18.8 Å². The molecule has 0 aliphatic rings. The molecule has 0 saturated carbocycles. The van der Waals surface area contributed by atoms with Crippen LogP contribution in [0.15, 0.2) is 52.1 Å². The van der Waals surface area contributed by atoms with Crippen LogP contribution in [0.2, 0.25) is 0 Å². The van der Waals surface area contributed by atoms with Gasteiger partial charge in [-0.25, -0.2) is 0 Å². The van der Waals surface area contributed by atoms with Crippen molar-refractivity contribution in [3.63, 3.8) is 0 Å². The first-order chi connectivity index (χ1) is 10.2. The van der Waals surface area contributed by atoms with Crippen molar-refractivity contribution >= 4 is 11.6 Å². The Hall–Kier alpha value is -2.27. The van der Waals surface area contributed by atoms with E-state index in [1.807, 2.05) is 43.3 Å². The highest BCUT2D eigenvalue weighted by atomic mass is 16.5. The molecule has 5 nitrogen and oxygen atoms in total. The number of benzene rings is 1. The number of rotatable bonds is 7. The Bertz CT molecular complexity index is 547. The van der Waals surface area contributed by atoms with E-state index in [1.54, 1.807) is 6.26 Å². The minimum atomic E-state index is 0.421. The van der Waals surface area contributed by atoms with Crippen LogP contribution < -0.4 is 11.1 Å². The van der Waals surface area contributed by atoms with E-state index < -0.39 is 0 Å². The van der Waals surface area contributed by atoms with Gasteiger partial charge < -0.3 is 20.2 Å². The maximum absolute atomic E-state index is 5.82. The summed E-state index contributed by atoms with van der Waals surface area (Å²) in [6.07, 6.45) is 2.46. The molecular weight excluding hydrogens is 266 g/mol. The zero-order valence-corrected chi connectivity index (χ0v) is 12.2. The zero-order valence-electron chi connectivity index (χ0n) is 12.2. The molecule has 5 heteroatoms. The maximum Gasteiger partial charge on any atom is 0.193 e. The molecule has 0 fully saturated rings. The van der Waals surface area contributed by atoms with Crippen molar-refractivity contribution in [1.29, 1.82) is 0 Å². The third kappa shape index (κ3) is 5.71. The van der Waals surface area contributed by atoms with Gasteiger partial charge in [0.15, 0.2) is 5.96 Å². The van der Waals surface area contributed by atoms with Gasteiger partial charge in [-0.1, -0.05) is 17.7 Å². The van der Waals surface area contributed by atoms with Crippen molar-refractivity contribution in [2.45, 2.75) is 20.0 Å². The average Bonchev–Trinajstić information content (AvgIpc) is 2.98. The molecular formula is C16H21N3O2. The fourth-order valence-corrected chi connectivity index (χ4v) is 1.76. The monoisotopic (exact) mass is 287 g/mol. The summed E-state index contributed by atoms with van der Waals surface area (Å²) in [6.45, 7) is 3.79. The number of ether oxygens (including phenoxy) is 1. The van der Waals surface area contributed by atoms with E-state index in [-0.39, 0.29) is 0 Å². The summed E-state index contributed by atoms with van der Waals surface area (Å²) >= 11 is 0. The van der Waals surface area contributed by atoms with Gasteiger partial charge in [-0.2, -0.15) is 0 Å². The second-order valence-corrected chi connectivity index (χ2v) is 4.74. The van der Waals surface area contributed by atoms with Crippen LogP contribution in [0.4, 0.5) is 5.69 Å². The molecule has 0 saturated heterocycles. The van der Waals surface area contributed by atoms with E-state index in [1.165, 1.54) is 5.56 Å². The molecule has 0 aliphatic heterocycles. The number of anilines is 1. The highest BCUT2D eigenvalue weighted by Crippen LogP contribution is 2.07. The van der Waals surface area contributed by atoms with E-state index in [9.17, 15) is 0 Å².